The van der Waals surface area contributed by atoms with E-state index in [2.05, 4.69) is 51.8 Å². The predicted octanol–water partition coefficient (Wildman–Crippen LogP) is 3.91. The summed E-state index contributed by atoms with van der Waals surface area (Å²) in [4.78, 5) is 2.77. The fraction of sp³-hybridized carbons (Fsp3) is 1.00. The monoisotopic (exact) mass is 268 g/mol. The molecular formula is C17H36N2. The van der Waals surface area contributed by atoms with Gasteiger partial charge in [0.25, 0.3) is 0 Å². The maximum atomic E-state index is 3.71. The zero-order valence-corrected chi connectivity index (χ0v) is 14.1. The van der Waals surface area contributed by atoms with Crippen LogP contribution in [-0.2, 0) is 0 Å². The highest BCUT2D eigenvalue weighted by Gasteiger charge is 2.30. The quantitative estimate of drug-likeness (QED) is 0.753. The highest BCUT2D eigenvalue weighted by molar-refractivity contribution is 4.87. The van der Waals surface area contributed by atoms with E-state index in [9.17, 15) is 0 Å². The van der Waals surface area contributed by atoms with Gasteiger partial charge in [-0.1, -0.05) is 54.4 Å². The van der Waals surface area contributed by atoms with Gasteiger partial charge in [0.05, 0.1) is 0 Å². The Morgan fingerprint density at radius 3 is 2.11 bits per heavy atom. The summed E-state index contributed by atoms with van der Waals surface area (Å²) in [5.74, 6) is 0.767. The van der Waals surface area contributed by atoms with Crippen molar-refractivity contribution >= 4 is 0 Å². The van der Waals surface area contributed by atoms with Gasteiger partial charge in [-0.3, -0.25) is 4.90 Å². The molecule has 114 valence electrons. The number of nitrogens with one attached hydrogen (secondary N) is 1. The normalized spacial score (nSPS) is 19.6. The first kappa shape index (κ1) is 17.0. The minimum Gasteiger partial charge on any atom is -0.312 e. The Labute approximate surface area is 121 Å². The van der Waals surface area contributed by atoms with Crippen LogP contribution in [0.5, 0.6) is 0 Å². The summed E-state index contributed by atoms with van der Waals surface area (Å²) in [6.07, 6.45) is 5.69. The number of likely N-dealkylation sites (N-methyl/N-ethyl adjacent to an activating group) is 1. The molecule has 2 nitrogen and oxygen atoms in total. The van der Waals surface area contributed by atoms with Crippen LogP contribution < -0.4 is 5.32 Å². The Morgan fingerprint density at radius 1 is 1.11 bits per heavy atom. The molecule has 19 heavy (non-hydrogen) atoms. The lowest BCUT2D eigenvalue weighted by Crippen LogP contribution is -2.51. The van der Waals surface area contributed by atoms with Crippen LogP contribution in [0.25, 0.3) is 0 Å². The summed E-state index contributed by atoms with van der Waals surface area (Å²) in [6.45, 7) is 17.5. The minimum atomic E-state index is 0.337. The molecule has 0 aromatic heterocycles. The molecule has 0 aromatic carbocycles. The Bertz CT molecular complexity index is 236. The second-order valence-electron chi connectivity index (χ2n) is 7.76. The third-order valence-corrected chi connectivity index (χ3v) is 4.35. The van der Waals surface area contributed by atoms with Crippen LogP contribution in [0.4, 0.5) is 0 Å². The van der Waals surface area contributed by atoms with Crippen molar-refractivity contribution in [1.82, 2.24) is 10.2 Å². The smallest absolute Gasteiger partial charge is 0.0243 e. The van der Waals surface area contributed by atoms with Gasteiger partial charge in [-0.25, -0.2) is 0 Å². The number of rotatable bonds is 7. The lowest BCUT2D eigenvalue weighted by molar-refractivity contribution is 0.122. The Morgan fingerprint density at radius 2 is 1.68 bits per heavy atom. The molecule has 0 saturated heterocycles. The average Bonchev–Trinajstić information content (AvgIpc) is 2.78. The van der Waals surface area contributed by atoms with Gasteiger partial charge in [0.2, 0.25) is 0 Å². The number of hydrogen-bond donors (Lipinski definition) is 1. The largest absolute Gasteiger partial charge is 0.312 e. The molecule has 2 heteroatoms. The summed E-state index contributed by atoms with van der Waals surface area (Å²) >= 11 is 0. The standard InChI is InChI=1S/C17H36N2/c1-7-18-16(17(4,5)6)13-19(12-14(2)3)15-10-8-9-11-15/h14-16,18H,7-13H2,1-6H3. The van der Waals surface area contributed by atoms with Crippen molar-refractivity contribution in [3.63, 3.8) is 0 Å². The molecule has 1 unspecified atom stereocenters. The average molecular weight is 268 g/mol. The Balaban J connectivity index is 2.67. The molecule has 1 aliphatic carbocycles. The van der Waals surface area contributed by atoms with E-state index in [1.54, 1.807) is 0 Å². The first-order valence-corrected chi connectivity index (χ1v) is 8.32. The maximum absolute atomic E-state index is 3.71. The van der Waals surface area contributed by atoms with Crippen molar-refractivity contribution < 1.29 is 0 Å². The molecule has 0 aromatic rings. The lowest BCUT2D eigenvalue weighted by Gasteiger charge is -2.39. The third kappa shape index (κ3) is 5.83. The van der Waals surface area contributed by atoms with E-state index < -0.39 is 0 Å². The van der Waals surface area contributed by atoms with Crippen molar-refractivity contribution in [3.05, 3.63) is 0 Å². The summed E-state index contributed by atoms with van der Waals surface area (Å²) in [5, 5.41) is 3.71. The molecule has 1 aliphatic rings. The molecule has 1 atom stereocenters. The van der Waals surface area contributed by atoms with Crippen molar-refractivity contribution in [2.45, 2.75) is 79.3 Å². The zero-order valence-electron chi connectivity index (χ0n) is 14.1. The van der Waals surface area contributed by atoms with Gasteiger partial charge in [0, 0.05) is 25.2 Å². The van der Waals surface area contributed by atoms with E-state index >= 15 is 0 Å². The maximum Gasteiger partial charge on any atom is 0.0243 e. The molecule has 0 heterocycles. The molecular weight excluding hydrogens is 232 g/mol. The summed E-state index contributed by atoms with van der Waals surface area (Å²) in [6, 6.07) is 1.43. The molecule has 1 rings (SSSR count). The molecule has 0 spiro atoms. The molecule has 1 fully saturated rings. The predicted molar refractivity (Wildman–Crippen MR) is 85.6 cm³/mol. The molecule has 1 N–H and O–H groups in total. The van der Waals surface area contributed by atoms with Gasteiger partial charge in [-0.05, 0) is 30.7 Å². The molecule has 0 aliphatic heterocycles. The summed E-state index contributed by atoms with van der Waals surface area (Å²) < 4.78 is 0. The minimum absolute atomic E-state index is 0.337. The Kier molecular flexibility index (Phi) is 6.82. The van der Waals surface area contributed by atoms with Crippen LogP contribution in [0.1, 0.15) is 67.2 Å². The van der Waals surface area contributed by atoms with E-state index in [1.807, 2.05) is 0 Å². The molecule has 0 radical (unpaired) electrons. The zero-order chi connectivity index (χ0) is 14.5. The van der Waals surface area contributed by atoms with Crippen molar-refractivity contribution in [3.8, 4) is 0 Å². The van der Waals surface area contributed by atoms with Crippen LogP contribution in [0, 0.1) is 11.3 Å². The highest BCUT2D eigenvalue weighted by atomic mass is 15.2. The van der Waals surface area contributed by atoms with Crippen LogP contribution in [0.2, 0.25) is 0 Å². The van der Waals surface area contributed by atoms with Gasteiger partial charge in [0.15, 0.2) is 0 Å². The van der Waals surface area contributed by atoms with E-state index in [0.29, 0.717) is 11.5 Å². The van der Waals surface area contributed by atoms with E-state index in [0.717, 1.165) is 18.5 Å². The fourth-order valence-corrected chi connectivity index (χ4v) is 3.24. The van der Waals surface area contributed by atoms with Crippen LogP contribution in [0.3, 0.4) is 0 Å². The molecule has 0 bridgehead atoms. The number of nitrogens with zero attached hydrogens (tertiary/aromatic N) is 1. The molecule has 1 saturated carbocycles. The van der Waals surface area contributed by atoms with E-state index in [4.69, 9.17) is 0 Å². The van der Waals surface area contributed by atoms with Gasteiger partial charge in [-0.2, -0.15) is 0 Å². The van der Waals surface area contributed by atoms with Gasteiger partial charge < -0.3 is 5.32 Å². The summed E-state index contributed by atoms with van der Waals surface area (Å²) in [5.41, 5.74) is 0.337. The number of hydrogen-bond acceptors (Lipinski definition) is 2. The van der Waals surface area contributed by atoms with Crippen LogP contribution in [0.15, 0.2) is 0 Å². The van der Waals surface area contributed by atoms with Crippen molar-refractivity contribution in [1.29, 1.82) is 0 Å². The first-order valence-electron chi connectivity index (χ1n) is 8.32. The van der Waals surface area contributed by atoms with Crippen molar-refractivity contribution in [2.75, 3.05) is 19.6 Å². The van der Waals surface area contributed by atoms with Crippen LogP contribution >= 0.6 is 0 Å². The van der Waals surface area contributed by atoms with E-state index in [1.165, 1.54) is 38.8 Å². The SMILES string of the molecule is CCNC(CN(CC(C)C)C1CCCC1)C(C)(C)C. The van der Waals surface area contributed by atoms with Gasteiger partial charge in [-0.15, -0.1) is 0 Å². The highest BCUT2D eigenvalue weighted by Crippen LogP contribution is 2.27. The van der Waals surface area contributed by atoms with Crippen LogP contribution in [-0.4, -0.2) is 36.6 Å². The van der Waals surface area contributed by atoms with Crippen molar-refractivity contribution in [2.24, 2.45) is 11.3 Å². The topological polar surface area (TPSA) is 15.3 Å². The van der Waals surface area contributed by atoms with Gasteiger partial charge >= 0.3 is 0 Å². The Hall–Kier alpha value is -0.0800. The van der Waals surface area contributed by atoms with Gasteiger partial charge in [0.1, 0.15) is 0 Å². The second kappa shape index (κ2) is 7.64. The van der Waals surface area contributed by atoms with E-state index in [-0.39, 0.29) is 0 Å². The summed E-state index contributed by atoms with van der Waals surface area (Å²) in [7, 11) is 0. The first-order chi connectivity index (χ1) is 8.84. The fourth-order valence-electron chi connectivity index (χ4n) is 3.24. The molecule has 0 amide bonds. The third-order valence-electron chi connectivity index (χ3n) is 4.35. The lowest BCUT2D eigenvalue weighted by atomic mass is 9.86. The second-order valence-corrected chi connectivity index (χ2v) is 7.76.